The fourth-order valence-electron chi connectivity index (χ4n) is 5.75. The molecule has 8 rings (SSSR count). The van der Waals surface area contributed by atoms with Gasteiger partial charge in [0.2, 0.25) is 0 Å². The Morgan fingerprint density at radius 3 is 2.05 bits per heavy atom. The Morgan fingerprint density at radius 1 is 0.628 bits per heavy atom. The van der Waals surface area contributed by atoms with Crippen molar-refractivity contribution < 1.29 is 25.8 Å². The summed E-state index contributed by atoms with van der Waals surface area (Å²) >= 11 is 3.45. The van der Waals surface area contributed by atoms with Crippen LogP contribution >= 0.6 is 23.1 Å². The van der Waals surface area contributed by atoms with E-state index in [9.17, 15) is 0 Å². The van der Waals surface area contributed by atoms with Crippen molar-refractivity contribution in [1.29, 1.82) is 0 Å². The zero-order valence-corrected chi connectivity index (χ0v) is 26.5. The van der Waals surface area contributed by atoms with E-state index in [0.29, 0.717) is 11.5 Å². The molecule has 0 aliphatic carbocycles. The first-order chi connectivity index (χ1) is 20.8. The average Bonchev–Trinajstić information content (AvgIpc) is 3.49. The molecule has 1 aliphatic heterocycles. The standard InChI is InChI=1S/C37H22N2OS2.Pt/c1-4-18-32-29(15-1)37(35-21-7-8-22-38-35,30-16-2-5-19-33(30)41-32)26-12-10-14-28(24-26)40-27-13-9-11-25(23-27)36-39-31-17-3-6-20-34(31)42-36;/h1-22H;/q-2;+2. The van der Waals surface area contributed by atoms with E-state index in [1.54, 1.807) is 23.1 Å². The van der Waals surface area contributed by atoms with Crippen molar-refractivity contribution in [3.05, 3.63) is 168 Å². The zero-order valence-electron chi connectivity index (χ0n) is 22.6. The molecule has 2 aromatic heterocycles. The van der Waals surface area contributed by atoms with Crippen molar-refractivity contribution in [1.82, 2.24) is 9.97 Å². The number of hydrogen-bond donors (Lipinski definition) is 0. The SMILES string of the molecule is [Pt+2].[c-]1c(Oc2[c-]c(C3(c4ccccn4)c4ccccc4Sc4ccccc43)ccc2)cccc1-c1nc2ccccc2s1. The van der Waals surface area contributed by atoms with Crippen LogP contribution in [0.15, 0.2) is 143 Å². The Hall–Kier alpha value is -4.02. The molecule has 7 aromatic rings. The number of aromatic nitrogens is 2. The fourth-order valence-corrected chi connectivity index (χ4v) is 7.89. The molecule has 3 nitrogen and oxygen atoms in total. The van der Waals surface area contributed by atoms with Crippen LogP contribution < -0.4 is 4.74 Å². The molecule has 0 radical (unpaired) electrons. The van der Waals surface area contributed by atoms with Gasteiger partial charge in [-0.25, -0.2) is 0 Å². The Kier molecular flexibility index (Phi) is 7.48. The van der Waals surface area contributed by atoms with Gasteiger partial charge < -0.3 is 4.74 Å². The van der Waals surface area contributed by atoms with Crippen LogP contribution in [0.2, 0.25) is 0 Å². The topological polar surface area (TPSA) is 35.0 Å². The van der Waals surface area contributed by atoms with Crippen LogP contribution in [-0.4, -0.2) is 9.97 Å². The largest absolute Gasteiger partial charge is 2.00 e. The second-order valence-corrected chi connectivity index (χ2v) is 12.1. The molecule has 0 bridgehead atoms. The summed E-state index contributed by atoms with van der Waals surface area (Å²) in [6.07, 6.45) is 1.87. The van der Waals surface area contributed by atoms with Gasteiger partial charge in [0.1, 0.15) is 0 Å². The van der Waals surface area contributed by atoms with Gasteiger partial charge in [0, 0.05) is 37.2 Å². The van der Waals surface area contributed by atoms with E-state index in [2.05, 4.69) is 84.9 Å². The van der Waals surface area contributed by atoms with Gasteiger partial charge in [-0.05, 0) is 47.5 Å². The van der Waals surface area contributed by atoms with Gasteiger partial charge in [-0.2, -0.15) is 23.5 Å². The molecule has 0 spiro atoms. The molecule has 0 atom stereocenters. The molecule has 0 fully saturated rings. The summed E-state index contributed by atoms with van der Waals surface area (Å²) in [6, 6.07) is 50.7. The number of pyridine rings is 1. The van der Waals surface area contributed by atoms with Gasteiger partial charge in [0.15, 0.2) is 0 Å². The quantitative estimate of drug-likeness (QED) is 0.164. The van der Waals surface area contributed by atoms with Gasteiger partial charge in [0.25, 0.3) is 0 Å². The van der Waals surface area contributed by atoms with Crippen molar-refractivity contribution >= 4 is 33.3 Å². The summed E-state index contributed by atoms with van der Waals surface area (Å²) in [6.45, 7) is 0. The molecule has 1 aliphatic rings. The number of fused-ring (bicyclic) bond motifs is 3. The minimum absolute atomic E-state index is 0. The monoisotopic (exact) mass is 769 g/mol. The van der Waals surface area contributed by atoms with Crippen LogP contribution in [0.4, 0.5) is 0 Å². The number of nitrogens with zero attached hydrogens (tertiary/aromatic N) is 2. The molecule has 0 saturated heterocycles. The van der Waals surface area contributed by atoms with Gasteiger partial charge in [-0.1, -0.05) is 72.4 Å². The van der Waals surface area contributed by atoms with Crippen LogP contribution in [0.25, 0.3) is 20.8 Å². The molecule has 43 heavy (non-hydrogen) atoms. The van der Waals surface area contributed by atoms with Crippen molar-refractivity contribution in [2.75, 3.05) is 0 Å². The third-order valence-corrected chi connectivity index (χ3v) is 9.76. The summed E-state index contributed by atoms with van der Waals surface area (Å²) in [5.41, 5.74) is 5.52. The molecular weight excluding hydrogens is 748 g/mol. The smallest absolute Gasteiger partial charge is 0.503 e. The van der Waals surface area contributed by atoms with Crippen molar-refractivity contribution in [3.63, 3.8) is 0 Å². The predicted octanol–water partition coefficient (Wildman–Crippen LogP) is 9.60. The maximum absolute atomic E-state index is 6.44. The number of benzene rings is 5. The molecule has 0 saturated carbocycles. The van der Waals surface area contributed by atoms with Crippen molar-refractivity contribution in [3.8, 4) is 22.1 Å². The summed E-state index contributed by atoms with van der Waals surface area (Å²) < 4.78 is 7.60. The Balaban J connectivity index is 0.00000300. The van der Waals surface area contributed by atoms with Crippen LogP contribution in [0.5, 0.6) is 11.5 Å². The molecular formula is C37H22N2OPtS2. The Bertz CT molecular complexity index is 2000. The molecule has 0 unspecified atom stereocenters. The molecule has 0 amide bonds. The van der Waals surface area contributed by atoms with Crippen LogP contribution in [0.1, 0.15) is 22.4 Å². The van der Waals surface area contributed by atoms with Crippen LogP contribution in [0, 0.1) is 12.1 Å². The molecule has 5 aromatic carbocycles. The Labute approximate surface area is 272 Å². The van der Waals surface area contributed by atoms with Crippen molar-refractivity contribution in [2.24, 2.45) is 0 Å². The van der Waals surface area contributed by atoms with E-state index in [1.165, 1.54) is 20.9 Å². The summed E-state index contributed by atoms with van der Waals surface area (Å²) in [7, 11) is 0. The second-order valence-electron chi connectivity index (χ2n) is 10.0. The summed E-state index contributed by atoms with van der Waals surface area (Å²) in [5.74, 6) is 1.24. The van der Waals surface area contributed by atoms with Gasteiger partial charge in [-0.3, -0.25) is 9.97 Å². The van der Waals surface area contributed by atoms with Gasteiger partial charge in [-0.15, -0.1) is 41.5 Å². The average molecular weight is 770 g/mol. The minimum atomic E-state index is -0.661. The molecule has 0 N–H and O–H groups in total. The maximum atomic E-state index is 6.44. The summed E-state index contributed by atoms with van der Waals surface area (Å²) in [4.78, 5) is 12.2. The fraction of sp³-hybridized carbons (Fsp3) is 0.0270. The molecule has 6 heteroatoms. The summed E-state index contributed by atoms with van der Waals surface area (Å²) in [5, 5.41) is 0.918. The van der Waals surface area contributed by atoms with Gasteiger partial charge >= 0.3 is 21.1 Å². The normalized spacial score (nSPS) is 13.0. The third-order valence-electron chi connectivity index (χ3n) is 7.54. The number of ether oxygens (including phenoxy) is 1. The maximum Gasteiger partial charge on any atom is 2.00 e. The number of thiazole rings is 1. The first-order valence-electron chi connectivity index (χ1n) is 13.7. The van der Waals surface area contributed by atoms with Crippen LogP contribution in [-0.2, 0) is 26.5 Å². The van der Waals surface area contributed by atoms with E-state index in [-0.39, 0.29) is 21.1 Å². The van der Waals surface area contributed by atoms with E-state index in [4.69, 9.17) is 14.7 Å². The number of para-hydroxylation sites is 1. The van der Waals surface area contributed by atoms with E-state index in [0.717, 1.165) is 32.0 Å². The molecule has 208 valence electrons. The second kappa shape index (κ2) is 11.6. The number of rotatable bonds is 5. The van der Waals surface area contributed by atoms with E-state index in [1.807, 2.05) is 60.8 Å². The van der Waals surface area contributed by atoms with E-state index >= 15 is 0 Å². The first-order valence-corrected chi connectivity index (χ1v) is 15.3. The van der Waals surface area contributed by atoms with Crippen LogP contribution in [0.3, 0.4) is 0 Å². The van der Waals surface area contributed by atoms with Gasteiger partial charge in [0.05, 0.1) is 16.6 Å². The molecule has 3 heterocycles. The predicted molar refractivity (Wildman–Crippen MR) is 169 cm³/mol. The van der Waals surface area contributed by atoms with E-state index < -0.39 is 5.41 Å². The first kappa shape index (κ1) is 27.8. The van der Waals surface area contributed by atoms with Crippen molar-refractivity contribution in [2.45, 2.75) is 15.2 Å². The Morgan fingerprint density at radius 2 is 1.30 bits per heavy atom. The minimum Gasteiger partial charge on any atom is -0.503 e. The zero-order chi connectivity index (χ0) is 27.9. The third kappa shape index (κ3) is 4.82. The number of hydrogen-bond acceptors (Lipinski definition) is 5.